The van der Waals surface area contributed by atoms with Crippen LogP contribution >= 0.6 is 0 Å². The maximum atomic E-state index is 12.6. The van der Waals surface area contributed by atoms with Crippen molar-refractivity contribution in [2.45, 2.75) is 35.1 Å². The van der Waals surface area contributed by atoms with E-state index in [9.17, 15) is 16.8 Å². The number of hydrogen-bond donors (Lipinski definition) is 2. The summed E-state index contributed by atoms with van der Waals surface area (Å²) in [5.74, 6) is 0.710. The van der Waals surface area contributed by atoms with E-state index in [0.717, 1.165) is 18.4 Å². The Morgan fingerprint density at radius 2 is 1.58 bits per heavy atom. The molecule has 1 heterocycles. The second-order valence-electron chi connectivity index (χ2n) is 6.39. The number of benzene rings is 2. The van der Waals surface area contributed by atoms with Gasteiger partial charge in [-0.2, -0.15) is 0 Å². The third-order valence-corrected chi connectivity index (χ3v) is 7.20. The number of hydrogen-bond acceptors (Lipinski definition) is 5. The zero-order chi connectivity index (χ0) is 18.4. The number of anilines is 1. The van der Waals surface area contributed by atoms with E-state index in [1.165, 1.54) is 30.3 Å². The number of sulfonamides is 2. The van der Waals surface area contributed by atoms with Gasteiger partial charge in [0, 0.05) is 18.2 Å². The normalized spacial score (nSPS) is 16.8. The second-order valence-corrected chi connectivity index (χ2v) is 9.79. The van der Waals surface area contributed by atoms with Gasteiger partial charge in [0.15, 0.2) is 0 Å². The van der Waals surface area contributed by atoms with Crippen LogP contribution in [-0.4, -0.2) is 29.5 Å². The fourth-order valence-electron chi connectivity index (χ4n) is 2.73. The van der Waals surface area contributed by atoms with E-state index in [1.54, 1.807) is 12.1 Å². The van der Waals surface area contributed by atoms with Gasteiger partial charge in [-0.1, -0.05) is 0 Å². The molecule has 2 N–H and O–H groups in total. The fraction of sp³-hybridized carbons (Fsp3) is 0.294. The van der Waals surface area contributed by atoms with E-state index in [4.69, 9.17) is 4.74 Å². The predicted molar refractivity (Wildman–Crippen MR) is 96.2 cm³/mol. The minimum Gasteiger partial charge on any atom is -0.493 e. The monoisotopic (exact) mass is 394 g/mol. The van der Waals surface area contributed by atoms with Crippen LogP contribution in [0.3, 0.4) is 0 Å². The van der Waals surface area contributed by atoms with Crippen molar-refractivity contribution >= 4 is 25.7 Å². The Kier molecular flexibility index (Phi) is 4.17. The topological polar surface area (TPSA) is 102 Å². The predicted octanol–water partition coefficient (Wildman–Crippen LogP) is 1.86. The van der Waals surface area contributed by atoms with E-state index >= 15 is 0 Å². The van der Waals surface area contributed by atoms with Crippen molar-refractivity contribution in [3.8, 4) is 5.75 Å². The summed E-state index contributed by atoms with van der Waals surface area (Å²) in [6.45, 7) is 0.553. The van der Waals surface area contributed by atoms with Crippen LogP contribution in [0.2, 0.25) is 0 Å². The molecule has 0 bridgehead atoms. The first-order chi connectivity index (χ1) is 12.3. The molecule has 7 nitrogen and oxygen atoms in total. The molecule has 0 radical (unpaired) electrons. The number of nitrogens with one attached hydrogen (secondary N) is 2. The highest BCUT2D eigenvalue weighted by atomic mass is 32.2. The molecule has 0 saturated heterocycles. The third-order valence-electron chi connectivity index (χ3n) is 4.29. The summed E-state index contributed by atoms with van der Waals surface area (Å²) in [4.78, 5) is 0.260. The van der Waals surface area contributed by atoms with Crippen LogP contribution in [0.1, 0.15) is 18.4 Å². The summed E-state index contributed by atoms with van der Waals surface area (Å²) >= 11 is 0. The quantitative estimate of drug-likeness (QED) is 0.779. The van der Waals surface area contributed by atoms with Gasteiger partial charge in [0.05, 0.1) is 16.4 Å². The molecule has 1 aliphatic carbocycles. The van der Waals surface area contributed by atoms with Crippen LogP contribution in [0.4, 0.5) is 5.69 Å². The Morgan fingerprint density at radius 3 is 2.27 bits per heavy atom. The molecule has 1 saturated carbocycles. The lowest BCUT2D eigenvalue weighted by molar-refractivity contribution is 0.356. The zero-order valence-corrected chi connectivity index (χ0v) is 15.4. The molecule has 4 rings (SSSR count). The molecule has 2 aliphatic rings. The molecule has 26 heavy (non-hydrogen) atoms. The summed E-state index contributed by atoms with van der Waals surface area (Å²) in [5, 5.41) is 0. The van der Waals surface area contributed by atoms with Crippen molar-refractivity contribution < 1.29 is 21.6 Å². The molecule has 0 atom stereocenters. The summed E-state index contributed by atoms with van der Waals surface area (Å²) in [6, 6.07) is 10.4. The Balaban J connectivity index is 1.53. The Morgan fingerprint density at radius 1 is 0.885 bits per heavy atom. The van der Waals surface area contributed by atoms with Gasteiger partial charge in [-0.25, -0.2) is 21.6 Å². The summed E-state index contributed by atoms with van der Waals surface area (Å²) < 4.78 is 59.8. The average molecular weight is 394 g/mol. The van der Waals surface area contributed by atoms with Crippen molar-refractivity contribution in [1.29, 1.82) is 0 Å². The summed E-state index contributed by atoms with van der Waals surface area (Å²) in [7, 11) is -7.32. The molecule has 0 amide bonds. The minimum atomic E-state index is -3.76. The van der Waals surface area contributed by atoms with Gasteiger partial charge in [-0.05, 0) is 60.9 Å². The highest BCUT2D eigenvalue weighted by Gasteiger charge is 2.28. The molecule has 0 unspecified atom stereocenters. The van der Waals surface area contributed by atoms with Crippen LogP contribution < -0.4 is 14.2 Å². The van der Waals surface area contributed by atoms with Crippen LogP contribution in [0.5, 0.6) is 5.75 Å². The van der Waals surface area contributed by atoms with Crippen LogP contribution in [0.25, 0.3) is 0 Å². The molecular formula is C17H18N2O5S2. The standard InChI is InChI=1S/C17H18N2O5S2/c20-25(21,18-13-1-2-13)15-5-3-14(4-6-15)19-26(22,23)16-7-8-17-12(11-16)9-10-24-17/h3-8,11,13,18-19H,1-2,9-10H2. The van der Waals surface area contributed by atoms with Gasteiger partial charge in [-0.3, -0.25) is 4.72 Å². The van der Waals surface area contributed by atoms with Gasteiger partial charge in [0.2, 0.25) is 10.0 Å². The van der Waals surface area contributed by atoms with E-state index < -0.39 is 20.0 Å². The van der Waals surface area contributed by atoms with Crippen LogP contribution in [0.15, 0.2) is 52.3 Å². The maximum absolute atomic E-state index is 12.6. The number of fused-ring (bicyclic) bond motifs is 1. The Labute approximate surface area is 152 Å². The van der Waals surface area contributed by atoms with Crippen molar-refractivity contribution in [2.75, 3.05) is 11.3 Å². The van der Waals surface area contributed by atoms with Crippen molar-refractivity contribution in [1.82, 2.24) is 4.72 Å². The molecule has 0 aromatic heterocycles. The highest BCUT2D eigenvalue weighted by Crippen LogP contribution is 2.28. The molecule has 1 aliphatic heterocycles. The Bertz CT molecular complexity index is 1040. The lowest BCUT2D eigenvalue weighted by atomic mass is 10.2. The number of rotatable bonds is 6. The SMILES string of the molecule is O=S(=O)(Nc1ccc(S(=O)(=O)NC2CC2)cc1)c1ccc2c(c1)CCO2. The molecule has 138 valence electrons. The Hall–Kier alpha value is -2.10. The smallest absolute Gasteiger partial charge is 0.261 e. The maximum Gasteiger partial charge on any atom is 0.261 e. The van der Waals surface area contributed by atoms with Crippen LogP contribution in [-0.2, 0) is 26.5 Å². The van der Waals surface area contributed by atoms with E-state index in [0.29, 0.717) is 24.5 Å². The molecule has 9 heteroatoms. The fourth-order valence-corrected chi connectivity index (χ4v) is 5.15. The van der Waals surface area contributed by atoms with Gasteiger partial charge in [0.25, 0.3) is 10.0 Å². The van der Waals surface area contributed by atoms with E-state index in [1.807, 2.05) is 0 Å². The molecule has 0 spiro atoms. The van der Waals surface area contributed by atoms with Crippen molar-refractivity contribution in [3.63, 3.8) is 0 Å². The average Bonchev–Trinajstić information content (AvgIpc) is 3.26. The largest absolute Gasteiger partial charge is 0.493 e. The first kappa shape index (κ1) is 17.3. The lowest BCUT2D eigenvalue weighted by Crippen LogP contribution is -2.25. The van der Waals surface area contributed by atoms with Gasteiger partial charge in [0.1, 0.15) is 5.75 Å². The van der Waals surface area contributed by atoms with Crippen molar-refractivity contribution in [3.05, 3.63) is 48.0 Å². The first-order valence-corrected chi connectivity index (χ1v) is 11.2. The number of ether oxygens (including phenoxy) is 1. The van der Waals surface area contributed by atoms with E-state index in [2.05, 4.69) is 9.44 Å². The highest BCUT2D eigenvalue weighted by molar-refractivity contribution is 7.92. The third kappa shape index (κ3) is 3.55. The summed E-state index contributed by atoms with van der Waals surface area (Å²) in [5.41, 5.74) is 1.16. The second kappa shape index (κ2) is 6.26. The lowest BCUT2D eigenvalue weighted by Gasteiger charge is -2.10. The zero-order valence-electron chi connectivity index (χ0n) is 13.8. The van der Waals surface area contributed by atoms with Crippen molar-refractivity contribution in [2.24, 2.45) is 0 Å². The first-order valence-electron chi connectivity index (χ1n) is 8.24. The van der Waals surface area contributed by atoms with Crippen LogP contribution in [0, 0.1) is 0 Å². The molecule has 1 fully saturated rings. The van der Waals surface area contributed by atoms with Gasteiger partial charge < -0.3 is 4.74 Å². The van der Waals surface area contributed by atoms with Gasteiger partial charge in [-0.15, -0.1) is 0 Å². The molecular weight excluding hydrogens is 376 g/mol. The minimum absolute atomic E-state index is 0.0157. The van der Waals surface area contributed by atoms with Gasteiger partial charge >= 0.3 is 0 Å². The molecule has 2 aromatic rings. The van der Waals surface area contributed by atoms with E-state index in [-0.39, 0.29) is 15.8 Å². The summed E-state index contributed by atoms with van der Waals surface area (Å²) in [6.07, 6.45) is 2.38. The molecule has 2 aromatic carbocycles.